The molecule has 0 saturated carbocycles. The van der Waals surface area contributed by atoms with Gasteiger partial charge in [0.2, 0.25) is 5.91 Å². The van der Waals surface area contributed by atoms with Crippen LogP contribution in [0.3, 0.4) is 0 Å². The Bertz CT molecular complexity index is 1360. The van der Waals surface area contributed by atoms with Crippen molar-refractivity contribution in [2.45, 2.75) is 12.6 Å². The second kappa shape index (κ2) is 9.18. The maximum absolute atomic E-state index is 13.0. The van der Waals surface area contributed by atoms with Crippen LogP contribution in [0.4, 0.5) is 13.2 Å². The first-order valence-corrected chi connectivity index (χ1v) is 11.9. The van der Waals surface area contributed by atoms with Crippen molar-refractivity contribution in [3.05, 3.63) is 83.0 Å². The lowest BCUT2D eigenvalue weighted by Gasteiger charge is -2.35. The Hall–Kier alpha value is -3.66. The van der Waals surface area contributed by atoms with Crippen LogP contribution in [0.1, 0.15) is 21.6 Å². The number of aromatic nitrogens is 2. The first kappa shape index (κ1) is 23.1. The molecule has 2 aromatic carbocycles. The number of fused-ring (bicyclic) bond motifs is 1. The number of imidazole rings is 1. The summed E-state index contributed by atoms with van der Waals surface area (Å²) in [5.74, 6) is -0.376. The maximum atomic E-state index is 13.0. The molecule has 0 unspecified atom stereocenters. The van der Waals surface area contributed by atoms with Gasteiger partial charge in [-0.2, -0.15) is 13.2 Å². The van der Waals surface area contributed by atoms with Crippen molar-refractivity contribution in [1.82, 2.24) is 19.2 Å². The summed E-state index contributed by atoms with van der Waals surface area (Å²) in [5.41, 5.74) is 2.12. The molecular formula is C25H21F3N4O2S. The van der Waals surface area contributed by atoms with E-state index in [-0.39, 0.29) is 23.8 Å². The van der Waals surface area contributed by atoms with Gasteiger partial charge in [0.15, 0.2) is 4.96 Å². The number of halogens is 3. The summed E-state index contributed by atoms with van der Waals surface area (Å²) < 4.78 is 40.2. The first-order chi connectivity index (χ1) is 16.8. The van der Waals surface area contributed by atoms with Crippen molar-refractivity contribution in [2.75, 3.05) is 26.2 Å². The molecule has 2 aromatic heterocycles. The SMILES string of the molecule is O=C(Cc1csc2nc(-c3ccccc3)cn12)N1CCN(C(=O)c2ccc(C(F)(F)F)cc2)CC1. The second-order valence-electron chi connectivity index (χ2n) is 8.30. The molecule has 1 saturated heterocycles. The molecule has 0 aliphatic carbocycles. The Kier molecular flexibility index (Phi) is 6.06. The largest absolute Gasteiger partial charge is 0.416 e. The fourth-order valence-electron chi connectivity index (χ4n) is 4.11. The standard InChI is InChI=1S/C25H21F3N4O2S/c26-25(27,28)19-8-6-18(7-9-19)23(34)31-12-10-30(11-13-31)22(33)14-20-16-35-24-29-21(15-32(20)24)17-4-2-1-3-5-17/h1-9,15-16H,10-14H2. The molecule has 0 N–H and O–H groups in total. The van der Waals surface area contributed by atoms with E-state index >= 15 is 0 Å². The lowest BCUT2D eigenvalue weighted by atomic mass is 10.1. The molecule has 0 spiro atoms. The molecule has 1 aliphatic rings. The predicted molar refractivity (Wildman–Crippen MR) is 126 cm³/mol. The molecule has 1 fully saturated rings. The molecule has 0 radical (unpaired) electrons. The summed E-state index contributed by atoms with van der Waals surface area (Å²) >= 11 is 1.48. The van der Waals surface area contributed by atoms with E-state index in [0.717, 1.165) is 34.0 Å². The van der Waals surface area contributed by atoms with Crippen molar-refractivity contribution in [3.63, 3.8) is 0 Å². The molecule has 0 bridgehead atoms. The molecule has 2 amide bonds. The van der Waals surface area contributed by atoms with Crippen LogP contribution in [-0.4, -0.2) is 57.2 Å². The van der Waals surface area contributed by atoms with Gasteiger partial charge in [0.05, 0.1) is 17.7 Å². The Morgan fingerprint density at radius 3 is 2.23 bits per heavy atom. The molecule has 1 aliphatic heterocycles. The van der Waals surface area contributed by atoms with E-state index in [4.69, 9.17) is 0 Å². The van der Waals surface area contributed by atoms with Crippen LogP contribution in [0.2, 0.25) is 0 Å². The maximum Gasteiger partial charge on any atom is 0.416 e. The van der Waals surface area contributed by atoms with Gasteiger partial charge in [-0.25, -0.2) is 4.98 Å². The van der Waals surface area contributed by atoms with E-state index in [1.807, 2.05) is 46.3 Å². The molecule has 4 aromatic rings. The predicted octanol–water partition coefficient (Wildman–Crippen LogP) is 4.61. The van der Waals surface area contributed by atoms with E-state index < -0.39 is 11.7 Å². The number of benzene rings is 2. The molecule has 5 rings (SSSR count). The van der Waals surface area contributed by atoms with E-state index in [2.05, 4.69) is 4.98 Å². The minimum Gasteiger partial charge on any atom is -0.339 e. The minimum atomic E-state index is -4.44. The quantitative estimate of drug-likeness (QED) is 0.413. The number of carbonyl (C=O) groups is 2. The third kappa shape index (κ3) is 4.79. The minimum absolute atomic E-state index is 0.0405. The molecule has 35 heavy (non-hydrogen) atoms. The highest BCUT2D eigenvalue weighted by atomic mass is 32.1. The van der Waals surface area contributed by atoms with Crippen LogP contribution < -0.4 is 0 Å². The van der Waals surface area contributed by atoms with E-state index in [0.29, 0.717) is 26.2 Å². The molecule has 10 heteroatoms. The van der Waals surface area contributed by atoms with Gasteiger partial charge in [-0.1, -0.05) is 30.3 Å². The number of piperazine rings is 1. The Morgan fingerprint density at radius 1 is 0.914 bits per heavy atom. The van der Waals surface area contributed by atoms with Crippen LogP contribution in [0.15, 0.2) is 66.2 Å². The van der Waals surface area contributed by atoms with Crippen molar-refractivity contribution < 1.29 is 22.8 Å². The summed E-state index contributed by atoms with van der Waals surface area (Å²) in [5, 5.41) is 1.93. The van der Waals surface area contributed by atoms with E-state index in [1.54, 1.807) is 9.80 Å². The summed E-state index contributed by atoms with van der Waals surface area (Å²) in [7, 11) is 0. The van der Waals surface area contributed by atoms with Gasteiger partial charge in [-0.05, 0) is 24.3 Å². The number of carbonyl (C=O) groups excluding carboxylic acids is 2. The average Bonchev–Trinajstić information content (AvgIpc) is 3.46. The van der Waals surface area contributed by atoms with Gasteiger partial charge in [-0.15, -0.1) is 11.3 Å². The highest BCUT2D eigenvalue weighted by molar-refractivity contribution is 7.15. The summed E-state index contributed by atoms with van der Waals surface area (Å²) in [6, 6.07) is 14.0. The van der Waals surface area contributed by atoms with Gasteiger partial charge in [-0.3, -0.25) is 14.0 Å². The van der Waals surface area contributed by atoms with Gasteiger partial charge in [0.25, 0.3) is 5.91 Å². The molecule has 0 atom stereocenters. The zero-order valence-electron chi connectivity index (χ0n) is 18.5. The van der Waals surface area contributed by atoms with Crippen LogP contribution in [-0.2, 0) is 17.4 Å². The van der Waals surface area contributed by atoms with E-state index in [1.165, 1.54) is 23.5 Å². The Labute approximate surface area is 203 Å². The lowest BCUT2D eigenvalue weighted by Crippen LogP contribution is -2.51. The smallest absolute Gasteiger partial charge is 0.339 e. The molecular weight excluding hydrogens is 477 g/mol. The van der Waals surface area contributed by atoms with Gasteiger partial charge >= 0.3 is 6.18 Å². The number of hydrogen-bond acceptors (Lipinski definition) is 4. The van der Waals surface area contributed by atoms with Crippen molar-refractivity contribution >= 4 is 28.1 Å². The summed E-state index contributed by atoms with van der Waals surface area (Å²) in [6.45, 7) is 1.40. The second-order valence-corrected chi connectivity index (χ2v) is 9.13. The zero-order chi connectivity index (χ0) is 24.6. The zero-order valence-corrected chi connectivity index (χ0v) is 19.4. The third-order valence-electron chi connectivity index (χ3n) is 6.06. The average molecular weight is 499 g/mol. The molecule has 3 heterocycles. The topological polar surface area (TPSA) is 57.9 Å². The van der Waals surface area contributed by atoms with Gasteiger partial charge < -0.3 is 9.80 Å². The lowest BCUT2D eigenvalue weighted by molar-refractivity contribution is -0.137. The first-order valence-electron chi connectivity index (χ1n) is 11.0. The number of alkyl halides is 3. The van der Waals surface area contributed by atoms with Crippen molar-refractivity contribution in [1.29, 1.82) is 0 Å². The highest BCUT2D eigenvalue weighted by Crippen LogP contribution is 2.29. The molecule has 6 nitrogen and oxygen atoms in total. The monoisotopic (exact) mass is 498 g/mol. The van der Waals surface area contributed by atoms with E-state index in [9.17, 15) is 22.8 Å². The Morgan fingerprint density at radius 2 is 1.57 bits per heavy atom. The Balaban J connectivity index is 1.20. The number of amides is 2. The fraction of sp³-hybridized carbons (Fsp3) is 0.240. The van der Waals surface area contributed by atoms with Gasteiger partial charge in [0.1, 0.15) is 0 Å². The van der Waals surface area contributed by atoms with Crippen LogP contribution in [0, 0.1) is 0 Å². The van der Waals surface area contributed by atoms with Crippen molar-refractivity contribution in [2.24, 2.45) is 0 Å². The van der Waals surface area contributed by atoms with Gasteiger partial charge in [0, 0.05) is 54.6 Å². The van der Waals surface area contributed by atoms with Crippen LogP contribution in [0.25, 0.3) is 16.2 Å². The number of nitrogens with zero attached hydrogens (tertiary/aromatic N) is 4. The summed E-state index contributed by atoms with van der Waals surface area (Å²) in [4.78, 5) is 34.4. The van der Waals surface area contributed by atoms with Crippen LogP contribution >= 0.6 is 11.3 Å². The fourth-order valence-corrected chi connectivity index (χ4v) is 4.99. The van der Waals surface area contributed by atoms with Crippen LogP contribution in [0.5, 0.6) is 0 Å². The third-order valence-corrected chi connectivity index (χ3v) is 6.95. The number of rotatable bonds is 4. The number of thiazole rings is 1. The molecule has 180 valence electrons. The normalized spacial score (nSPS) is 14.5. The highest BCUT2D eigenvalue weighted by Gasteiger charge is 2.31. The van der Waals surface area contributed by atoms with Crippen molar-refractivity contribution in [3.8, 4) is 11.3 Å². The number of hydrogen-bond donors (Lipinski definition) is 0. The summed E-state index contributed by atoms with van der Waals surface area (Å²) in [6.07, 6.45) is -2.29.